The van der Waals surface area contributed by atoms with Crippen molar-refractivity contribution < 1.29 is 13.0 Å². The highest BCUT2D eigenvalue weighted by atomic mass is 32.2. The average molecular weight is 311 g/mol. The minimum absolute atomic E-state index is 0.342. The van der Waals surface area contributed by atoms with Gasteiger partial charge < -0.3 is 4.98 Å². The topological polar surface area (TPSA) is 53.8 Å². The standard InChI is InChI=1S/C17H14N2O2S/c1-19-16-6-4-3-5-11(16)9-15-17(19)13-10-12(22(2,20)21)7-8-14(13)18-15/h3-10H,1-2H3/p+1. The van der Waals surface area contributed by atoms with Gasteiger partial charge >= 0.3 is 0 Å². The number of pyridine rings is 1. The number of aromatic nitrogens is 2. The maximum Gasteiger partial charge on any atom is 0.238 e. The van der Waals surface area contributed by atoms with Gasteiger partial charge in [0.05, 0.1) is 15.8 Å². The van der Waals surface area contributed by atoms with E-state index in [1.54, 1.807) is 12.1 Å². The highest BCUT2D eigenvalue weighted by Crippen LogP contribution is 2.27. The van der Waals surface area contributed by atoms with E-state index in [0.717, 1.165) is 32.8 Å². The summed E-state index contributed by atoms with van der Waals surface area (Å²) in [5, 5.41) is 2.07. The third-order valence-electron chi connectivity index (χ3n) is 4.13. The molecule has 0 bridgehead atoms. The predicted octanol–water partition coefficient (Wildman–Crippen LogP) is 2.70. The maximum absolute atomic E-state index is 11.8. The summed E-state index contributed by atoms with van der Waals surface area (Å²) < 4.78 is 25.7. The van der Waals surface area contributed by atoms with E-state index in [1.807, 2.05) is 25.2 Å². The molecule has 22 heavy (non-hydrogen) atoms. The molecule has 0 aliphatic carbocycles. The van der Waals surface area contributed by atoms with Gasteiger partial charge in [0.15, 0.2) is 9.84 Å². The number of aryl methyl sites for hydroxylation is 1. The molecule has 4 nitrogen and oxygen atoms in total. The number of para-hydroxylation sites is 1. The normalized spacial score (nSPS) is 12.5. The van der Waals surface area contributed by atoms with Crippen LogP contribution in [-0.2, 0) is 16.9 Å². The minimum atomic E-state index is -3.22. The van der Waals surface area contributed by atoms with Gasteiger partial charge in [-0.25, -0.2) is 8.42 Å². The van der Waals surface area contributed by atoms with Crippen LogP contribution in [0, 0.1) is 0 Å². The summed E-state index contributed by atoms with van der Waals surface area (Å²) in [7, 11) is -1.21. The first kappa shape index (κ1) is 13.3. The Morgan fingerprint density at radius 2 is 1.77 bits per heavy atom. The van der Waals surface area contributed by atoms with E-state index in [2.05, 4.69) is 27.8 Å². The van der Waals surface area contributed by atoms with Crippen molar-refractivity contribution in [1.82, 2.24) is 4.98 Å². The molecule has 2 aromatic carbocycles. The zero-order valence-corrected chi connectivity index (χ0v) is 13.1. The Labute approximate surface area is 127 Å². The number of nitrogens with one attached hydrogen (secondary N) is 1. The lowest BCUT2D eigenvalue weighted by molar-refractivity contribution is -0.616. The third-order valence-corrected chi connectivity index (χ3v) is 5.24. The first-order valence-corrected chi connectivity index (χ1v) is 8.87. The molecule has 5 heteroatoms. The number of nitrogens with zero attached hydrogens (tertiary/aromatic N) is 1. The summed E-state index contributed by atoms with van der Waals surface area (Å²) >= 11 is 0. The van der Waals surface area contributed by atoms with Crippen LogP contribution in [0.3, 0.4) is 0 Å². The molecule has 110 valence electrons. The van der Waals surface area contributed by atoms with Crippen molar-refractivity contribution >= 4 is 42.7 Å². The molecule has 4 aromatic rings. The van der Waals surface area contributed by atoms with Crippen LogP contribution in [0.15, 0.2) is 53.4 Å². The van der Waals surface area contributed by atoms with Gasteiger partial charge in [-0.05, 0) is 30.3 Å². The molecule has 0 amide bonds. The van der Waals surface area contributed by atoms with Crippen molar-refractivity contribution in [2.24, 2.45) is 7.05 Å². The number of hydrogen-bond donors (Lipinski definition) is 1. The Morgan fingerprint density at radius 1 is 1.00 bits per heavy atom. The van der Waals surface area contributed by atoms with Gasteiger partial charge in [0, 0.05) is 17.7 Å². The van der Waals surface area contributed by atoms with Gasteiger partial charge in [0.1, 0.15) is 12.6 Å². The molecule has 4 rings (SSSR count). The smallest absolute Gasteiger partial charge is 0.238 e. The van der Waals surface area contributed by atoms with Crippen molar-refractivity contribution in [3.05, 3.63) is 48.5 Å². The van der Waals surface area contributed by atoms with Crippen LogP contribution in [0.2, 0.25) is 0 Å². The Hall–Kier alpha value is -2.40. The number of benzene rings is 2. The minimum Gasteiger partial charge on any atom is -0.349 e. The monoisotopic (exact) mass is 311 g/mol. The largest absolute Gasteiger partial charge is 0.349 e. The molecule has 0 atom stereocenters. The fraction of sp³-hybridized carbons (Fsp3) is 0.118. The number of aromatic amines is 1. The van der Waals surface area contributed by atoms with Gasteiger partial charge in [-0.3, -0.25) is 0 Å². The van der Waals surface area contributed by atoms with Crippen LogP contribution in [-0.4, -0.2) is 19.7 Å². The summed E-state index contributed by atoms with van der Waals surface area (Å²) in [5.74, 6) is 0. The molecule has 2 aromatic heterocycles. The Bertz CT molecular complexity index is 1160. The van der Waals surface area contributed by atoms with Crippen molar-refractivity contribution in [3.8, 4) is 0 Å². The van der Waals surface area contributed by atoms with Crippen LogP contribution < -0.4 is 4.57 Å². The number of fused-ring (bicyclic) bond motifs is 4. The quantitative estimate of drug-likeness (QED) is 0.550. The molecule has 1 N–H and O–H groups in total. The highest BCUT2D eigenvalue weighted by Gasteiger charge is 2.18. The molecule has 0 fully saturated rings. The van der Waals surface area contributed by atoms with Gasteiger partial charge in [0.25, 0.3) is 0 Å². The van der Waals surface area contributed by atoms with E-state index in [4.69, 9.17) is 0 Å². The molecular formula is C17H15N2O2S+. The predicted molar refractivity (Wildman–Crippen MR) is 87.6 cm³/mol. The fourth-order valence-corrected chi connectivity index (χ4v) is 3.71. The third kappa shape index (κ3) is 1.82. The van der Waals surface area contributed by atoms with Crippen molar-refractivity contribution in [3.63, 3.8) is 0 Å². The van der Waals surface area contributed by atoms with E-state index in [0.29, 0.717) is 4.90 Å². The molecule has 0 saturated carbocycles. The first-order chi connectivity index (χ1) is 10.4. The van der Waals surface area contributed by atoms with Gasteiger partial charge in [-0.15, -0.1) is 0 Å². The molecule has 0 radical (unpaired) electrons. The molecule has 2 heterocycles. The Morgan fingerprint density at radius 3 is 2.55 bits per heavy atom. The van der Waals surface area contributed by atoms with Crippen LogP contribution in [0.4, 0.5) is 0 Å². The zero-order valence-electron chi connectivity index (χ0n) is 12.3. The summed E-state index contributed by atoms with van der Waals surface area (Å²) in [6.45, 7) is 0. The first-order valence-electron chi connectivity index (χ1n) is 6.98. The zero-order chi connectivity index (χ0) is 15.5. The number of sulfone groups is 1. The summed E-state index contributed by atoms with van der Waals surface area (Å²) in [6, 6.07) is 15.5. The molecule has 0 aliphatic rings. The average Bonchev–Trinajstić information content (AvgIpc) is 2.84. The highest BCUT2D eigenvalue weighted by molar-refractivity contribution is 7.90. The molecule has 0 saturated heterocycles. The second-order valence-electron chi connectivity index (χ2n) is 5.63. The van der Waals surface area contributed by atoms with Crippen LogP contribution in [0.5, 0.6) is 0 Å². The number of hydrogen-bond acceptors (Lipinski definition) is 2. The Balaban J connectivity index is 2.22. The summed E-state index contributed by atoms with van der Waals surface area (Å²) in [6.07, 6.45) is 1.23. The van der Waals surface area contributed by atoms with Crippen LogP contribution >= 0.6 is 0 Å². The van der Waals surface area contributed by atoms with Crippen molar-refractivity contribution in [1.29, 1.82) is 0 Å². The molecular weight excluding hydrogens is 296 g/mol. The summed E-state index contributed by atoms with van der Waals surface area (Å²) in [5.41, 5.74) is 4.06. The lowest BCUT2D eigenvalue weighted by Gasteiger charge is -1.99. The van der Waals surface area contributed by atoms with Crippen molar-refractivity contribution in [2.75, 3.05) is 6.26 Å². The Kier molecular flexibility index (Phi) is 2.60. The second kappa shape index (κ2) is 4.30. The molecule has 0 unspecified atom stereocenters. The van der Waals surface area contributed by atoms with Crippen LogP contribution in [0.1, 0.15) is 0 Å². The lowest BCUT2D eigenvalue weighted by Crippen LogP contribution is -2.29. The van der Waals surface area contributed by atoms with Gasteiger partial charge in [-0.2, -0.15) is 4.57 Å². The van der Waals surface area contributed by atoms with Gasteiger partial charge in [-0.1, -0.05) is 12.1 Å². The molecule has 0 spiro atoms. The number of rotatable bonds is 1. The van der Waals surface area contributed by atoms with E-state index in [-0.39, 0.29) is 0 Å². The van der Waals surface area contributed by atoms with Crippen molar-refractivity contribution in [2.45, 2.75) is 4.90 Å². The van der Waals surface area contributed by atoms with E-state index < -0.39 is 9.84 Å². The van der Waals surface area contributed by atoms with Crippen LogP contribution in [0.25, 0.3) is 32.8 Å². The second-order valence-corrected chi connectivity index (χ2v) is 7.64. The number of H-pyrrole nitrogens is 1. The van der Waals surface area contributed by atoms with E-state index in [9.17, 15) is 8.42 Å². The van der Waals surface area contributed by atoms with E-state index >= 15 is 0 Å². The summed E-state index contributed by atoms with van der Waals surface area (Å²) in [4.78, 5) is 3.72. The fourth-order valence-electron chi connectivity index (χ4n) is 3.07. The van der Waals surface area contributed by atoms with Gasteiger partial charge in [0.2, 0.25) is 11.0 Å². The van der Waals surface area contributed by atoms with E-state index in [1.165, 1.54) is 6.26 Å². The SMILES string of the molecule is C[n+]1c2ccccc2cc2[nH]c3ccc(S(C)(=O)=O)cc3c21. The molecule has 0 aliphatic heterocycles. The maximum atomic E-state index is 11.8. The lowest BCUT2D eigenvalue weighted by atomic mass is 10.1.